The Morgan fingerprint density at radius 1 is 1.35 bits per heavy atom. The maximum atomic E-state index is 11.4. The first-order valence-corrected chi connectivity index (χ1v) is 7.87. The van der Waals surface area contributed by atoms with Crippen molar-refractivity contribution in [3.05, 3.63) is 42.7 Å². The molecule has 23 heavy (non-hydrogen) atoms. The lowest BCUT2D eigenvalue weighted by atomic mass is 10.3. The van der Waals surface area contributed by atoms with Crippen LogP contribution in [0.1, 0.15) is 23.3 Å². The lowest BCUT2D eigenvalue weighted by Gasteiger charge is -2.11. The van der Waals surface area contributed by atoms with Gasteiger partial charge in [0.05, 0.1) is 18.6 Å². The van der Waals surface area contributed by atoms with Crippen LogP contribution < -0.4 is 4.74 Å². The summed E-state index contributed by atoms with van der Waals surface area (Å²) < 4.78 is 9.91. The first kappa shape index (κ1) is 14.0. The Balaban J connectivity index is 1.62. The highest BCUT2D eigenvalue weighted by molar-refractivity contribution is 5.91. The largest absolute Gasteiger partial charge is 0.474 e. The van der Waals surface area contributed by atoms with Crippen molar-refractivity contribution in [2.24, 2.45) is 5.92 Å². The van der Waals surface area contributed by atoms with E-state index in [9.17, 15) is 4.79 Å². The van der Waals surface area contributed by atoms with Crippen LogP contribution in [0.4, 0.5) is 0 Å². The van der Waals surface area contributed by atoms with E-state index in [1.54, 1.807) is 18.7 Å². The molecule has 0 aliphatic heterocycles. The number of aldehydes is 1. The standard InChI is InChI=1S/C17H18N4O2/c22-11-15-9-14-3-4-19-17(16(14)21(15)10-13-1-2-13)23-8-7-20-6-5-18-12-20/h3-6,9,11-13H,1-2,7-8,10H2. The summed E-state index contributed by atoms with van der Waals surface area (Å²) in [5.41, 5.74) is 1.62. The number of aromatic nitrogens is 4. The van der Waals surface area contributed by atoms with Crippen LogP contribution >= 0.6 is 0 Å². The average Bonchev–Trinajstić information content (AvgIpc) is 3.09. The number of fused-ring (bicyclic) bond motifs is 1. The number of pyridine rings is 1. The molecule has 0 saturated heterocycles. The third kappa shape index (κ3) is 2.84. The van der Waals surface area contributed by atoms with Crippen molar-refractivity contribution >= 4 is 17.2 Å². The van der Waals surface area contributed by atoms with Crippen LogP contribution in [-0.2, 0) is 13.1 Å². The molecule has 0 aromatic carbocycles. The van der Waals surface area contributed by atoms with E-state index in [1.165, 1.54) is 12.8 Å². The molecule has 0 N–H and O–H groups in total. The summed E-state index contributed by atoms with van der Waals surface area (Å²) in [6.07, 6.45) is 10.5. The van der Waals surface area contributed by atoms with Crippen LogP contribution in [0.3, 0.4) is 0 Å². The lowest BCUT2D eigenvalue weighted by Crippen LogP contribution is -2.10. The smallest absolute Gasteiger partial charge is 0.238 e. The number of nitrogens with zero attached hydrogens (tertiary/aromatic N) is 4. The third-order valence-corrected chi connectivity index (χ3v) is 4.21. The van der Waals surface area contributed by atoms with Crippen molar-refractivity contribution in [1.29, 1.82) is 0 Å². The van der Waals surface area contributed by atoms with Crippen molar-refractivity contribution in [2.45, 2.75) is 25.9 Å². The first-order valence-electron chi connectivity index (χ1n) is 7.87. The van der Waals surface area contributed by atoms with E-state index in [1.807, 2.05) is 22.9 Å². The number of imidazole rings is 1. The van der Waals surface area contributed by atoms with E-state index in [2.05, 4.69) is 14.5 Å². The monoisotopic (exact) mass is 310 g/mol. The molecule has 3 aromatic rings. The third-order valence-electron chi connectivity index (χ3n) is 4.21. The minimum absolute atomic E-state index is 0.507. The van der Waals surface area contributed by atoms with E-state index in [0.717, 1.165) is 23.7 Å². The zero-order chi connectivity index (χ0) is 15.6. The predicted octanol–water partition coefficient (Wildman–Crippen LogP) is 2.53. The molecule has 1 saturated carbocycles. The van der Waals surface area contributed by atoms with Crippen LogP contribution in [0.2, 0.25) is 0 Å². The molecule has 0 atom stereocenters. The van der Waals surface area contributed by atoms with Gasteiger partial charge >= 0.3 is 0 Å². The van der Waals surface area contributed by atoms with E-state index in [-0.39, 0.29) is 0 Å². The molecule has 6 heteroatoms. The van der Waals surface area contributed by atoms with Crippen LogP contribution in [0.15, 0.2) is 37.1 Å². The molecule has 0 unspecified atom stereocenters. The van der Waals surface area contributed by atoms with E-state index >= 15 is 0 Å². The molecule has 1 aliphatic carbocycles. The van der Waals surface area contributed by atoms with Crippen LogP contribution in [0.25, 0.3) is 10.9 Å². The fourth-order valence-electron chi connectivity index (χ4n) is 2.83. The summed E-state index contributed by atoms with van der Waals surface area (Å²) >= 11 is 0. The summed E-state index contributed by atoms with van der Waals surface area (Å²) in [5.74, 6) is 1.26. The Hall–Kier alpha value is -2.63. The highest BCUT2D eigenvalue weighted by Crippen LogP contribution is 2.34. The summed E-state index contributed by atoms with van der Waals surface area (Å²) in [7, 11) is 0. The van der Waals surface area contributed by atoms with Gasteiger partial charge in [0.1, 0.15) is 12.1 Å². The summed E-state index contributed by atoms with van der Waals surface area (Å²) in [6, 6.07) is 3.84. The second-order valence-corrected chi connectivity index (χ2v) is 5.94. The molecule has 3 aromatic heterocycles. The van der Waals surface area contributed by atoms with Gasteiger partial charge in [0, 0.05) is 30.5 Å². The fourth-order valence-corrected chi connectivity index (χ4v) is 2.83. The highest BCUT2D eigenvalue weighted by atomic mass is 16.5. The molecule has 0 radical (unpaired) electrons. The molecule has 4 rings (SSSR count). The molecular formula is C17H18N4O2. The van der Waals surface area contributed by atoms with Crippen LogP contribution in [-0.4, -0.2) is 32.0 Å². The summed E-state index contributed by atoms with van der Waals surface area (Å²) in [6.45, 7) is 2.08. The van der Waals surface area contributed by atoms with Gasteiger partial charge in [-0.3, -0.25) is 4.79 Å². The highest BCUT2D eigenvalue weighted by Gasteiger charge is 2.24. The van der Waals surface area contributed by atoms with E-state index < -0.39 is 0 Å². The summed E-state index contributed by atoms with van der Waals surface area (Å²) in [4.78, 5) is 19.8. The van der Waals surface area contributed by atoms with Gasteiger partial charge in [0.2, 0.25) is 5.88 Å². The Bertz CT molecular complexity index is 819. The number of carbonyl (C=O) groups excluding carboxylic acids is 1. The minimum Gasteiger partial charge on any atom is -0.474 e. The second kappa shape index (κ2) is 5.87. The molecular weight excluding hydrogens is 292 g/mol. The zero-order valence-electron chi connectivity index (χ0n) is 12.8. The minimum atomic E-state index is 0.507. The van der Waals surface area contributed by atoms with Crippen molar-refractivity contribution in [3.63, 3.8) is 0 Å². The molecule has 1 aliphatic rings. The Kier molecular flexibility index (Phi) is 3.57. The Morgan fingerprint density at radius 2 is 2.26 bits per heavy atom. The Labute approximate surface area is 133 Å². The fraction of sp³-hybridized carbons (Fsp3) is 0.353. The van der Waals surface area contributed by atoms with Crippen molar-refractivity contribution < 1.29 is 9.53 Å². The normalized spacial score (nSPS) is 14.3. The maximum absolute atomic E-state index is 11.4. The average molecular weight is 310 g/mol. The van der Waals surface area contributed by atoms with Crippen molar-refractivity contribution in [3.8, 4) is 5.88 Å². The van der Waals surface area contributed by atoms with Gasteiger partial charge in [-0.2, -0.15) is 0 Å². The number of ether oxygens (including phenoxy) is 1. The van der Waals surface area contributed by atoms with Gasteiger partial charge < -0.3 is 13.9 Å². The SMILES string of the molecule is O=Cc1cc2ccnc(OCCn3ccnc3)c2n1CC1CC1. The van der Waals surface area contributed by atoms with Gasteiger partial charge in [0.25, 0.3) is 0 Å². The molecule has 1 fully saturated rings. The van der Waals surface area contributed by atoms with Gasteiger partial charge in [-0.15, -0.1) is 0 Å². The molecule has 118 valence electrons. The molecule has 0 bridgehead atoms. The predicted molar refractivity (Wildman–Crippen MR) is 85.6 cm³/mol. The first-order chi connectivity index (χ1) is 11.3. The van der Waals surface area contributed by atoms with Gasteiger partial charge in [-0.25, -0.2) is 9.97 Å². The summed E-state index contributed by atoms with van der Waals surface area (Å²) in [5, 5.41) is 1.00. The van der Waals surface area contributed by atoms with Crippen molar-refractivity contribution in [1.82, 2.24) is 19.1 Å². The molecule has 0 spiro atoms. The van der Waals surface area contributed by atoms with Crippen LogP contribution in [0, 0.1) is 5.92 Å². The second-order valence-electron chi connectivity index (χ2n) is 5.94. The van der Waals surface area contributed by atoms with Gasteiger partial charge in [-0.1, -0.05) is 0 Å². The number of hydrogen-bond acceptors (Lipinski definition) is 4. The van der Waals surface area contributed by atoms with Crippen LogP contribution in [0.5, 0.6) is 5.88 Å². The van der Waals surface area contributed by atoms with E-state index in [0.29, 0.717) is 30.6 Å². The van der Waals surface area contributed by atoms with Gasteiger partial charge in [-0.05, 0) is 30.9 Å². The maximum Gasteiger partial charge on any atom is 0.238 e. The number of rotatable bonds is 7. The van der Waals surface area contributed by atoms with Crippen molar-refractivity contribution in [2.75, 3.05) is 6.61 Å². The number of carbonyl (C=O) groups is 1. The molecule has 6 nitrogen and oxygen atoms in total. The lowest BCUT2D eigenvalue weighted by molar-refractivity contribution is 0.111. The topological polar surface area (TPSA) is 61.9 Å². The quantitative estimate of drug-likeness (QED) is 0.629. The van der Waals surface area contributed by atoms with E-state index in [4.69, 9.17) is 4.74 Å². The Morgan fingerprint density at radius 3 is 3.00 bits per heavy atom. The molecule has 3 heterocycles. The number of hydrogen-bond donors (Lipinski definition) is 0. The van der Waals surface area contributed by atoms with Gasteiger partial charge in [0.15, 0.2) is 6.29 Å². The molecule has 0 amide bonds. The zero-order valence-corrected chi connectivity index (χ0v) is 12.8.